The fraction of sp³-hybridized carbons (Fsp3) is 0.500. The number of H-pyrrole nitrogens is 1. The average molecular weight is 291 g/mol. The van der Waals surface area contributed by atoms with E-state index >= 15 is 0 Å². The molecular formula is C14H17N3O2S. The van der Waals surface area contributed by atoms with E-state index in [1.807, 2.05) is 0 Å². The van der Waals surface area contributed by atoms with Crippen LogP contribution in [0.1, 0.15) is 30.5 Å². The molecule has 0 saturated carbocycles. The van der Waals surface area contributed by atoms with E-state index in [0.717, 1.165) is 42.4 Å². The van der Waals surface area contributed by atoms with Crippen LogP contribution in [0.4, 0.5) is 0 Å². The predicted molar refractivity (Wildman–Crippen MR) is 78.2 cm³/mol. The lowest BCUT2D eigenvalue weighted by atomic mass is 10.1. The minimum absolute atomic E-state index is 0.222. The summed E-state index contributed by atoms with van der Waals surface area (Å²) in [5, 5.41) is 0. The molecule has 3 rings (SSSR count). The molecular weight excluding hydrogens is 274 g/mol. The molecule has 106 valence electrons. The lowest BCUT2D eigenvalue weighted by Crippen LogP contribution is -2.08. The molecule has 0 bridgehead atoms. The van der Waals surface area contributed by atoms with Crippen molar-refractivity contribution in [1.29, 1.82) is 0 Å². The van der Waals surface area contributed by atoms with Crippen LogP contribution in [-0.2, 0) is 28.9 Å². The molecule has 0 aliphatic carbocycles. The van der Waals surface area contributed by atoms with Gasteiger partial charge in [-0.3, -0.25) is 4.79 Å². The van der Waals surface area contributed by atoms with Gasteiger partial charge in [-0.2, -0.15) is 0 Å². The zero-order valence-electron chi connectivity index (χ0n) is 11.4. The third-order valence-corrected chi connectivity index (χ3v) is 4.22. The molecule has 0 spiro atoms. The maximum absolute atomic E-state index is 11.7. The summed E-state index contributed by atoms with van der Waals surface area (Å²) in [5.74, 6) is -0.222. The number of carbonyl (C=O) groups is 1. The third-order valence-electron chi connectivity index (χ3n) is 3.92. The van der Waals surface area contributed by atoms with Gasteiger partial charge in [-0.15, -0.1) is 0 Å². The van der Waals surface area contributed by atoms with E-state index in [4.69, 9.17) is 17.0 Å². The Kier molecular flexibility index (Phi) is 3.56. The Balaban J connectivity index is 2.26. The third kappa shape index (κ3) is 2.14. The van der Waals surface area contributed by atoms with Crippen LogP contribution in [0.5, 0.6) is 0 Å². The molecule has 0 atom stereocenters. The van der Waals surface area contributed by atoms with Crippen LogP contribution >= 0.6 is 12.2 Å². The summed E-state index contributed by atoms with van der Waals surface area (Å²) >= 11 is 5.37. The number of hydrogen-bond acceptors (Lipinski definition) is 4. The van der Waals surface area contributed by atoms with E-state index in [-0.39, 0.29) is 12.4 Å². The molecule has 5 nitrogen and oxygen atoms in total. The van der Waals surface area contributed by atoms with Crippen molar-refractivity contribution in [2.75, 3.05) is 7.11 Å². The van der Waals surface area contributed by atoms with Crippen LogP contribution < -0.4 is 0 Å². The number of aromatic nitrogens is 3. The van der Waals surface area contributed by atoms with Gasteiger partial charge in [-0.25, -0.2) is 4.98 Å². The van der Waals surface area contributed by atoms with Crippen molar-refractivity contribution in [1.82, 2.24) is 14.5 Å². The average Bonchev–Trinajstić information content (AvgIpc) is 2.62. The number of ether oxygens (including phenoxy) is 1. The molecule has 2 aromatic heterocycles. The first-order valence-electron chi connectivity index (χ1n) is 6.87. The first kappa shape index (κ1) is 13.3. The number of methoxy groups -OCH3 is 1. The lowest BCUT2D eigenvalue weighted by Gasteiger charge is -2.06. The maximum Gasteiger partial charge on any atom is 0.310 e. The molecule has 0 amide bonds. The molecule has 2 aromatic rings. The second-order valence-electron chi connectivity index (χ2n) is 5.07. The van der Waals surface area contributed by atoms with Crippen LogP contribution in [0.2, 0.25) is 0 Å². The van der Waals surface area contributed by atoms with Crippen LogP contribution in [0.25, 0.3) is 11.0 Å². The van der Waals surface area contributed by atoms with Crippen LogP contribution in [0.15, 0.2) is 6.33 Å². The molecule has 0 saturated heterocycles. The Morgan fingerprint density at radius 3 is 3.15 bits per heavy atom. The highest BCUT2D eigenvalue weighted by atomic mass is 32.1. The maximum atomic E-state index is 11.7. The number of hydrogen-bond donors (Lipinski definition) is 1. The fourth-order valence-electron chi connectivity index (χ4n) is 2.99. The van der Waals surface area contributed by atoms with E-state index in [2.05, 4.69) is 14.5 Å². The van der Waals surface area contributed by atoms with Gasteiger partial charge in [0.2, 0.25) is 0 Å². The monoisotopic (exact) mass is 291 g/mol. The number of aryl methyl sites for hydroxylation is 1. The summed E-state index contributed by atoms with van der Waals surface area (Å²) in [6.45, 7) is 0.941. The molecule has 1 aliphatic heterocycles. The summed E-state index contributed by atoms with van der Waals surface area (Å²) in [5.41, 5.74) is 4.12. The Bertz CT molecular complexity index is 717. The summed E-state index contributed by atoms with van der Waals surface area (Å²) in [6.07, 6.45) is 6.35. The molecule has 0 radical (unpaired) electrons. The van der Waals surface area contributed by atoms with E-state index < -0.39 is 0 Å². The number of rotatable bonds is 2. The standard InChI is InChI=1S/C14H17N3O2S/c1-19-11(18)7-9-10-5-3-2-4-6-17(10)13-12(9)15-8-16-14(13)20/h8H,2-7H2,1H3,(H,15,16,20). The zero-order chi connectivity index (χ0) is 14.1. The molecule has 1 N–H and O–H groups in total. The number of nitrogens with one attached hydrogen (secondary N) is 1. The van der Waals surface area contributed by atoms with Gasteiger partial charge >= 0.3 is 5.97 Å². The Morgan fingerprint density at radius 2 is 2.35 bits per heavy atom. The van der Waals surface area contributed by atoms with Gasteiger partial charge in [0.25, 0.3) is 0 Å². The van der Waals surface area contributed by atoms with E-state index in [1.54, 1.807) is 6.33 Å². The van der Waals surface area contributed by atoms with Crippen molar-refractivity contribution < 1.29 is 9.53 Å². The van der Waals surface area contributed by atoms with Crippen molar-refractivity contribution in [2.24, 2.45) is 0 Å². The molecule has 3 heterocycles. The fourth-order valence-corrected chi connectivity index (χ4v) is 3.26. The highest BCUT2D eigenvalue weighted by molar-refractivity contribution is 7.71. The quantitative estimate of drug-likeness (QED) is 0.682. The predicted octanol–water partition coefficient (Wildman–Crippen LogP) is 2.54. The van der Waals surface area contributed by atoms with Crippen molar-refractivity contribution in [3.8, 4) is 0 Å². The normalized spacial score (nSPS) is 14.8. The highest BCUT2D eigenvalue weighted by Crippen LogP contribution is 2.29. The first-order chi connectivity index (χ1) is 9.72. The molecule has 20 heavy (non-hydrogen) atoms. The summed E-state index contributed by atoms with van der Waals surface area (Å²) < 4.78 is 7.66. The second kappa shape index (κ2) is 5.36. The number of fused-ring (bicyclic) bond motifs is 3. The van der Waals surface area contributed by atoms with Gasteiger partial charge < -0.3 is 14.3 Å². The lowest BCUT2D eigenvalue weighted by molar-refractivity contribution is -0.139. The molecule has 1 aliphatic rings. The van der Waals surface area contributed by atoms with Gasteiger partial charge in [0.15, 0.2) is 4.64 Å². The highest BCUT2D eigenvalue weighted by Gasteiger charge is 2.22. The van der Waals surface area contributed by atoms with E-state index in [1.165, 1.54) is 19.2 Å². The number of nitrogens with zero attached hydrogens (tertiary/aromatic N) is 2. The number of esters is 1. The second-order valence-corrected chi connectivity index (χ2v) is 5.46. The minimum atomic E-state index is -0.222. The van der Waals surface area contributed by atoms with Gasteiger partial charge in [-0.05, 0) is 19.3 Å². The van der Waals surface area contributed by atoms with Crippen LogP contribution in [0.3, 0.4) is 0 Å². The van der Waals surface area contributed by atoms with E-state index in [9.17, 15) is 4.79 Å². The molecule has 0 aromatic carbocycles. The van der Waals surface area contributed by atoms with Crippen LogP contribution in [-0.4, -0.2) is 27.6 Å². The van der Waals surface area contributed by atoms with Gasteiger partial charge in [-0.1, -0.05) is 18.6 Å². The van der Waals surface area contributed by atoms with Gasteiger partial charge in [0.1, 0.15) is 5.52 Å². The van der Waals surface area contributed by atoms with Crippen LogP contribution in [0, 0.1) is 4.64 Å². The molecule has 6 heteroatoms. The Labute approximate surface area is 122 Å². The zero-order valence-corrected chi connectivity index (χ0v) is 12.3. The number of aromatic amines is 1. The van der Waals surface area contributed by atoms with Gasteiger partial charge in [0, 0.05) is 17.8 Å². The SMILES string of the molecule is COC(=O)Cc1c2n(c3c(=S)nc[nH]c13)CCCCC2. The van der Waals surface area contributed by atoms with Crippen molar-refractivity contribution >= 4 is 29.2 Å². The number of carbonyl (C=O) groups excluding carboxylic acids is 1. The van der Waals surface area contributed by atoms with Gasteiger partial charge in [0.05, 0.1) is 25.4 Å². The molecule has 0 fully saturated rings. The topological polar surface area (TPSA) is 59.9 Å². The summed E-state index contributed by atoms with van der Waals surface area (Å²) in [4.78, 5) is 19.0. The summed E-state index contributed by atoms with van der Waals surface area (Å²) in [6, 6.07) is 0. The van der Waals surface area contributed by atoms with Crippen molar-refractivity contribution in [3.63, 3.8) is 0 Å². The van der Waals surface area contributed by atoms with E-state index in [0.29, 0.717) is 4.64 Å². The Hall–Kier alpha value is -1.69. The van der Waals surface area contributed by atoms with Crippen molar-refractivity contribution in [3.05, 3.63) is 22.2 Å². The Morgan fingerprint density at radius 1 is 1.50 bits per heavy atom. The minimum Gasteiger partial charge on any atom is -0.469 e. The van der Waals surface area contributed by atoms with Crippen molar-refractivity contribution in [2.45, 2.75) is 38.6 Å². The summed E-state index contributed by atoms with van der Waals surface area (Å²) in [7, 11) is 1.42. The first-order valence-corrected chi connectivity index (χ1v) is 7.27. The smallest absolute Gasteiger partial charge is 0.310 e. The molecule has 0 unspecified atom stereocenters. The largest absolute Gasteiger partial charge is 0.469 e.